The summed E-state index contributed by atoms with van der Waals surface area (Å²) in [6.07, 6.45) is 2.63. The van der Waals surface area contributed by atoms with E-state index >= 15 is 0 Å². The molecule has 3 amide bonds. The van der Waals surface area contributed by atoms with Gasteiger partial charge in [0.2, 0.25) is 17.7 Å². The molecule has 3 atom stereocenters. The van der Waals surface area contributed by atoms with E-state index in [9.17, 15) is 14.4 Å². The Bertz CT molecular complexity index is 412. The molecule has 0 radical (unpaired) electrons. The van der Waals surface area contributed by atoms with Crippen LogP contribution in [0, 0.1) is 0 Å². The zero-order chi connectivity index (χ0) is 18.5. The highest BCUT2D eigenvalue weighted by Crippen LogP contribution is 2.02. The van der Waals surface area contributed by atoms with Gasteiger partial charge in [-0.3, -0.25) is 14.4 Å². The maximum Gasteiger partial charge on any atom is 0.243 e. The van der Waals surface area contributed by atoms with Gasteiger partial charge in [0, 0.05) is 0 Å². The highest BCUT2D eigenvalue weighted by Gasteiger charge is 2.26. The molecule has 0 bridgehead atoms. The van der Waals surface area contributed by atoms with Crippen molar-refractivity contribution in [2.45, 2.75) is 50.2 Å². The van der Waals surface area contributed by atoms with E-state index in [2.05, 4.69) is 35.9 Å². The monoisotopic (exact) mass is 379 g/mol. The zero-order valence-electron chi connectivity index (χ0n) is 13.7. The Hall–Kier alpha value is -0.970. The highest BCUT2D eigenvalue weighted by atomic mass is 32.1. The van der Waals surface area contributed by atoms with Gasteiger partial charge in [-0.05, 0) is 43.7 Å². The Morgan fingerprint density at radius 1 is 0.875 bits per heavy atom. The molecule has 0 aromatic carbocycles. The lowest BCUT2D eigenvalue weighted by Crippen LogP contribution is -2.55. The third-order valence-corrected chi connectivity index (χ3v) is 3.95. The van der Waals surface area contributed by atoms with Gasteiger partial charge in [0.1, 0.15) is 12.1 Å². The fourth-order valence-corrected chi connectivity index (χ4v) is 2.52. The van der Waals surface area contributed by atoms with Crippen molar-refractivity contribution in [3.05, 3.63) is 0 Å². The normalized spacial score (nSPS) is 14.5. The molecule has 0 aromatic heterocycles. The number of thiol groups is 2. The summed E-state index contributed by atoms with van der Waals surface area (Å²) in [4.78, 5) is 35.7. The minimum absolute atomic E-state index is 0.308. The minimum atomic E-state index is -0.826. The molecule has 0 spiro atoms. The first-order chi connectivity index (χ1) is 11.4. The Balaban J connectivity index is 4.67. The quantitative estimate of drug-likeness (QED) is 0.154. The minimum Gasteiger partial charge on any atom is -0.368 e. The number of hydrogen-bond donors (Lipinski definition) is 7. The van der Waals surface area contributed by atoms with Gasteiger partial charge in [-0.15, -0.1) is 0 Å². The maximum atomic E-state index is 12.3. The van der Waals surface area contributed by atoms with Gasteiger partial charge in [-0.25, -0.2) is 0 Å². The van der Waals surface area contributed by atoms with Gasteiger partial charge in [0.05, 0.1) is 6.04 Å². The SMILES string of the molecule is NCCCC[C@H](N)C(=O)NC(CCS)C(=O)NC(CCS)C(N)=O. The molecule has 0 rings (SSSR count). The van der Waals surface area contributed by atoms with Crippen molar-refractivity contribution < 1.29 is 14.4 Å². The molecule has 10 heteroatoms. The van der Waals surface area contributed by atoms with Crippen LogP contribution in [0.2, 0.25) is 0 Å². The molecule has 0 saturated carbocycles. The molecular weight excluding hydrogens is 350 g/mol. The zero-order valence-corrected chi connectivity index (χ0v) is 15.5. The number of carbonyl (C=O) groups is 3. The van der Waals surface area contributed by atoms with Crippen LogP contribution in [0.1, 0.15) is 32.1 Å². The van der Waals surface area contributed by atoms with E-state index in [1.165, 1.54) is 0 Å². The number of amides is 3. The van der Waals surface area contributed by atoms with Gasteiger partial charge in [-0.1, -0.05) is 6.42 Å². The number of primary amides is 1. The first-order valence-corrected chi connectivity index (χ1v) is 9.21. The van der Waals surface area contributed by atoms with Crippen LogP contribution >= 0.6 is 25.3 Å². The molecular formula is C14H29N5O3S2. The average molecular weight is 380 g/mol. The first-order valence-electron chi connectivity index (χ1n) is 7.94. The van der Waals surface area contributed by atoms with Gasteiger partial charge in [0.15, 0.2) is 0 Å². The van der Waals surface area contributed by atoms with E-state index in [1.54, 1.807) is 0 Å². The largest absolute Gasteiger partial charge is 0.368 e. The van der Waals surface area contributed by atoms with Crippen molar-refractivity contribution in [1.82, 2.24) is 10.6 Å². The van der Waals surface area contributed by atoms with Crippen molar-refractivity contribution in [2.24, 2.45) is 17.2 Å². The van der Waals surface area contributed by atoms with Crippen LogP contribution in [-0.2, 0) is 14.4 Å². The third kappa shape index (κ3) is 9.36. The van der Waals surface area contributed by atoms with E-state index in [-0.39, 0.29) is 0 Å². The Kier molecular flexibility index (Phi) is 12.8. The maximum absolute atomic E-state index is 12.3. The molecule has 2 unspecified atom stereocenters. The van der Waals surface area contributed by atoms with Crippen LogP contribution in [0.4, 0.5) is 0 Å². The summed E-state index contributed by atoms with van der Waals surface area (Å²) >= 11 is 8.12. The fourth-order valence-electron chi connectivity index (χ4n) is 2.00. The topological polar surface area (TPSA) is 153 Å². The second-order valence-electron chi connectivity index (χ2n) is 5.44. The number of unbranched alkanes of at least 4 members (excludes halogenated alkanes) is 1. The second kappa shape index (κ2) is 13.3. The van der Waals surface area contributed by atoms with Gasteiger partial charge < -0.3 is 27.8 Å². The lowest BCUT2D eigenvalue weighted by atomic mass is 10.1. The Morgan fingerprint density at radius 2 is 1.42 bits per heavy atom. The van der Waals surface area contributed by atoms with Crippen molar-refractivity contribution in [3.8, 4) is 0 Å². The van der Waals surface area contributed by atoms with Gasteiger partial charge >= 0.3 is 0 Å². The Morgan fingerprint density at radius 3 is 1.92 bits per heavy atom. The smallest absolute Gasteiger partial charge is 0.243 e. The molecule has 8 N–H and O–H groups in total. The Labute approximate surface area is 153 Å². The van der Waals surface area contributed by atoms with Crippen LogP contribution < -0.4 is 27.8 Å². The second-order valence-corrected chi connectivity index (χ2v) is 6.33. The summed E-state index contributed by atoms with van der Waals surface area (Å²) < 4.78 is 0. The number of rotatable bonds is 13. The van der Waals surface area contributed by atoms with E-state index in [1.807, 2.05) is 0 Å². The highest BCUT2D eigenvalue weighted by molar-refractivity contribution is 7.80. The number of hydrogen-bond acceptors (Lipinski definition) is 7. The third-order valence-electron chi connectivity index (χ3n) is 3.43. The number of nitrogens with one attached hydrogen (secondary N) is 2. The molecule has 24 heavy (non-hydrogen) atoms. The summed E-state index contributed by atoms with van der Waals surface area (Å²) in [5.41, 5.74) is 16.5. The van der Waals surface area contributed by atoms with E-state index in [0.717, 1.165) is 12.8 Å². The van der Waals surface area contributed by atoms with Gasteiger partial charge in [-0.2, -0.15) is 25.3 Å². The van der Waals surface area contributed by atoms with Crippen molar-refractivity contribution in [1.29, 1.82) is 0 Å². The molecule has 0 fully saturated rings. The molecule has 0 aliphatic heterocycles. The first kappa shape index (κ1) is 23.0. The molecule has 0 saturated heterocycles. The van der Waals surface area contributed by atoms with Gasteiger partial charge in [0.25, 0.3) is 0 Å². The number of nitrogens with two attached hydrogens (primary N) is 3. The fraction of sp³-hybridized carbons (Fsp3) is 0.786. The van der Waals surface area contributed by atoms with E-state index in [4.69, 9.17) is 17.2 Å². The lowest BCUT2D eigenvalue weighted by Gasteiger charge is -2.22. The van der Waals surface area contributed by atoms with Crippen molar-refractivity contribution in [3.63, 3.8) is 0 Å². The van der Waals surface area contributed by atoms with Crippen LogP contribution in [-0.4, -0.2) is 53.9 Å². The van der Waals surface area contributed by atoms with Crippen molar-refractivity contribution >= 4 is 43.0 Å². The molecule has 0 heterocycles. The van der Waals surface area contributed by atoms with E-state index in [0.29, 0.717) is 37.3 Å². The lowest BCUT2D eigenvalue weighted by molar-refractivity contribution is -0.131. The summed E-state index contributed by atoms with van der Waals surface area (Å²) in [6, 6.07) is -2.36. The molecule has 0 aromatic rings. The molecule has 0 aliphatic carbocycles. The summed E-state index contributed by atoms with van der Waals surface area (Å²) in [7, 11) is 0. The predicted molar refractivity (Wildman–Crippen MR) is 101 cm³/mol. The van der Waals surface area contributed by atoms with E-state index < -0.39 is 35.8 Å². The summed E-state index contributed by atoms with van der Waals surface area (Å²) in [6.45, 7) is 0.540. The van der Waals surface area contributed by atoms with Crippen molar-refractivity contribution in [2.75, 3.05) is 18.1 Å². The van der Waals surface area contributed by atoms with Crippen LogP contribution in [0.25, 0.3) is 0 Å². The standard InChI is InChI=1S/C14H29N5O3S2/c15-6-2-1-3-9(16)13(21)19-11(5-8-24)14(22)18-10(4-7-23)12(17)20/h9-11,23-24H,1-8,15-16H2,(H2,17,20)(H,18,22)(H,19,21)/t9-,10?,11?/m0/s1. The predicted octanol–water partition coefficient (Wildman–Crippen LogP) is -1.46. The molecule has 8 nitrogen and oxygen atoms in total. The van der Waals surface area contributed by atoms with Crippen LogP contribution in [0.5, 0.6) is 0 Å². The number of carbonyl (C=O) groups excluding carboxylic acids is 3. The van der Waals surface area contributed by atoms with Crippen LogP contribution in [0.15, 0.2) is 0 Å². The average Bonchev–Trinajstić information content (AvgIpc) is 2.53. The summed E-state index contributed by atoms with van der Waals surface area (Å²) in [5, 5.41) is 5.13. The molecule has 140 valence electrons. The van der Waals surface area contributed by atoms with Crippen LogP contribution in [0.3, 0.4) is 0 Å². The molecule has 0 aliphatic rings. The summed E-state index contributed by atoms with van der Waals surface area (Å²) in [5.74, 6) is -0.777.